The van der Waals surface area contributed by atoms with Crippen LogP contribution in [0.25, 0.3) is 0 Å². The fraction of sp³-hybridized carbons (Fsp3) is 1.00. The predicted octanol–water partition coefficient (Wildman–Crippen LogP) is -4.39. The van der Waals surface area contributed by atoms with Crippen molar-refractivity contribution in [2.24, 2.45) is 0 Å². The molecule has 6 heteroatoms. The summed E-state index contributed by atoms with van der Waals surface area (Å²) in [6, 6.07) is 0. The van der Waals surface area contributed by atoms with Crippen LogP contribution in [0.15, 0.2) is 0 Å². The van der Waals surface area contributed by atoms with E-state index in [1.807, 2.05) is 31.5 Å². The summed E-state index contributed by atoms with van der Waals surface area (Å²) in [4.78, 5) is 0. The second kappa shape index (κ2) is 4.13. The normalized spacial score (nSPS) is 31.7. The Morgan fingerprint density at radius 3 is 2.23 bits per heavy atom. The predicted molar refractivity (Wildman–Crippen MR) is 47.3 cm³/mol. The topological polar surface area (TPSA) is 54.0 Å². The maximum absolute atomic E-state index is 11.2. The van der Waals surface area contributed by atoms with E-state index in [-0.39, 0.29) is 17.9 Å². The number of nitrogens with two attached hydrogens (primary N) is 1. The highest BCUT2D eigenvalue weighted by molar-refractivity contribution is 7.91. The fourth-order valence-corrected chi connectivity index (χ4v) is 3.91. The highest BCUT2D eigenvalue weighted by Gasteiger charge is 2.42. The molecule has 0 radical (unpaired) electrons. The van der Waals surface area contributed by atoms with Gasteiger partial charge < -0.3 is 12.4 Å². The highest BCUT2D eigenvalue weighted by Crippen LogP contribution is 2.18. The van der Waals surface area contributed by atoms with Crippen LogP contribution < -0.4 is 17.8 Å². The number of quaternary nitrogens is 1. The number of rotatable bonds is 2. The molecule has 2 N–H and O–H groups in total. The molecule has 1 fully saturated rings. The second-order valence-electron chi connectivity index (χ2n) is 4.09. The Hall–Kier alpha value is 0.160. The van der Waals surface area contributed by atoms with Crippen LogP contribution in [-0.4, -0.2) is 44.6 Å². The molecule has 4 nitrogen and oxygen atoms in total. The van der Waals surface area contributed by atoms with E-state index in [0.29, 0.717) is 11.5 Å². The van der Waals surface area contributed by atoms with Crippen molar-refractivity contribution >= 4 is 9.84 Å². The van der Waals surface area contributed by atoms with Crippen LogP contribution in [0.5, 0.6) is 0 Å². The number of hydrogen-bond donors (Lipinski definition) is 1. The molecule has 0 aromatic rings. The first kappa shape index (κ1) is 13.2. The quantitative estimate of drug-likeness (QED) is 0.384. The van der Waals surface area contributed by atoms with Crippen molar-refractivity contribution in [3.05, 3.63) is 0 Å². The van der Waals surface area contributed by atoms with E-state index < -0.39 is 9.84 Å². The first-order valence-electron chi connectivity index (χ1n) is 4.06. The lowest BCUT2D eigenvalue weighted by molar-refractivity contribution is -0.844. The summed E-state index contributed by atoms with van der Waals surface area (Å²) in [5, 5.41) is 1.93. The van der Waals surface area contributed by atoms with Crippen LogP contribution >= 0.6 is 0 Å². The zero-order valence-electron chi connectivity index (χ0n) is 8.25. The van der Waals surface area contributed by atoms with Crippen molar-refractivity contribution < 1.29 is 26.3 Å². The van der Waals surface area contributed by atoms with Crippen LogP contribution in [0.4, 0.5) is 0 Å². The standard InChI is InChI=1S/C7H16N2O2S.ClH/c1-7(8-9(2)3)4-5-12(10,11)6-7;/h8H,4-6H2,1-3H3;1H. The van der Waals surface area contributed by atoms with Gasteiger partial charge in [-0.1, -0.05) is 0 Å². The molecule has 80 valence electrons. The van der Waals surface area contributed by atoms with E-state index >= 15 is 0 Å². The van der Waals surface area contributed by atoms with Gasteiger partial charge in [-0.25, -0.2) is 8.42 Å². The van der Waals surface area contributed by atoms with E-state index in [1.54, 1.807) is 0 Å². The number of sulfone groups is 1. The monoisotopic (exact) mass is 228 g/mol. The molecule has 1 atom stereocenters. The van der Waals surface area contributed by atoms with Gasteiger partial charge in [0.05, 0.1) is 5.75 Å². The summed E-state index contributed by atoms with van der Waals surface area (Å²) >= 11 is 0. The van der Waals surface area contributed by atoms with Gasteiger partial charge >= 0.3 is 0 Å². The molecular weight excluding hydrogens is 212 g/mol. The Balaban J connectivity index is 0.00000144. The van der Waals surface area contributed by atoms with Crippen LogP contribution in [-0.2, 0) is 9.84 Å². The minimum Gasteiger partial charge on any atom is -1.00 e. The van der Waals surface area contributed by atoms with Crippen LogP contribution in [0.1, 0.15) is 13.3 Å². The van der Waals surface area contributed by atoms with Crippen LogP contribution in [0.3, 0.4) is 0 Å². The van der Waals surface area contributed by atoms with Crippen molar-refractivity contribution in [2.45, 2.75) is 18.9 Å². The molecule has 1 aliphatic heterocycles. The molecule has 0 spiro atoms. The number of hydrogen-bond acceptors (Lipinski definition) is 3. The van der Waals surface area contributed by atoms with Crippen molar-refractivity contribution in [1.29, 1.82) is 0 Å². The van der Waals surface area contributed by atoms with Gasteiger partial charge in [0.2, 0.25) is 0 Å². The lowest BCUT2D eigenvalue weighted by Gasteiger charge is -2.23. The molecule has 0 amide bonds. The third-order valence-corrected chi connectivity index (χ3v) is 4.03. The molecule has 1 aliphatic rings. The third-order valence-electron chi connectivity index (χ3n) is 2.10. The Labute approximate surface area is 86.0 Å². The zero-order chi connectivity index (χ0) is 9.41. The van der Waals surface area contributed by atoms with Gasteiger partial charge in [-0.05, 0) is 6.92 Å². The van der Waals surface area contributed by atoms with Gasteiger partial charge in [0.15, 0.2) is 9.84 Å². The van der Waals surface area contributed by atoms with Gasteiger partial charge in [-0.2, -0.15) is 5.01 Å². The maximum Gasteiger partial charge on any atom is 0.156 e. The number of nitrogens with zero attached hydrogens (tertiary/aromatic N) is 1. The van der Waals surface area contributed by atoms with E-state index in [9.17, 15) is 8.42 Å². The molecular formula is C7H17ClN2O2S. The molecule has 0 aromatic heterocycles. The van der Waals surface area contributed by atoms with Gasteiger partial charge in [-0.15, -0.1) is 0 Å². The van der Waals surface area contributed by atoms with Crippen LogP contribution in [0, 0.1) is 0 Å². The van der Waals surface area contributed by atoms with Crippen molar-refractivity contribution in [3.63, 3.8) is 0 Å². The van der Waals surface area contributed by atoms with Gasteiger partial charge in [0.1, 0.15) is 11.3 Å². The Morgan fingerprint density at radius 1 is 1.38 bits per heavy atom. The summed E-state index contributed by atoms with van der Waals surface area (Å²) in [7, 11) is 1.10. The first-order valence-corrected chi connectivity index (χ1v) is 5.88. The number of halogens is 1. The molecule has 0 aromatic carbocycles. The molecule has 1 rings (SSSR count). The largest absolute Gasteiger partial charge is 1.00 e. The SMILES string of the molecule is CN(C)[NH2+]C1(C)CCS(=O)(=O)C1.[Cl-]. The summed E-state index contributed by atoms with van der Waals surface area (Å²) in [6.07, 6.45) is 0.757. The summed E-state index contributed by atoms with van der Waals surface area (Å²) in [5.74, 6) is 0.645. The maximum atomic E-state index is 11.2. The minimum absolute atomic E-state index is 0. The van der Waals surface area contributed by atoms with E-state index in [4.69, 9.17) is 0 Å². The second-order valence-corrected chi connectivity index (χ2v) is 6.27. The third kappa shape index (κ3) is 3.81. The summed E-state index contributed by atoms with van der Waals surface area (Å²) in [6.45, 7) is 2.00. The molecule has 0 bridgehead atoms. The summed E-state index contributed by atoms with van der Waals surface area (Å²) < 4.78 is 22.4. The molecule has 0 saturated carbocycles. The molecule has 0 aliphatic carbocycles. The smallest absolute Gasteiger partial charge is 0.156 e. The Morgan fingerprint density at radius 2 is 1.92 bits per heavy atom. The molecule has 1 unspecified atom stereocenters. The van der Waals surface area contributed by atoms with E-state index in [0.717, 1.165) is 6.42 Å². The van der Waals surface area contributed by atoms with Crippen molar-refractivity contribution in [3.8, 4) is 0 Å². The highest BCUT2D eigenvalue weighted by atomic mass is 35.5. The zero-order valence-corrected chi connectivity index (χ0v) is 9.82. The van der Waals surface area contributed by atoms with Gasteiger partial charge in [0.25, 0.3) is 0 Å². The average molecular weight is 229 g/mol. The summed E-state index contributed by atoms with van der Waals surface area (Å²) in [5.41, 5.74) is 1.86. The van der Waals surface area contributed by atoms with E-state index in [2.05, 4.69) is 0 Å². The van der Waals surface area contributed by atoms with E-state index in [1.165, 1.54) is 0 Å². The van der Waals surface area contributed by atoms with Gasteiger partial charge in [0, 0.05) is 20.5 Å². The van der Waals surface area contributed by atoms with Crippen molar-refractivity contribution in [1.82, 2.24) is 5.01 Å². The fourth-order valence-electron chi connectivity index (χ4n) is 1.76. The average Bonchev–Trinajstić information content (AvgIpc) is 2.03. The lowest BCUT2D eigenvalue weighted by Crippen LogP contribution is -3.02. The van der Waals surface area contributed by atoms with Gasteiger partial charge in [-0.3, -0.25) is 5.43 Å². The Bertz CT molecular complexity index is 266. The molecule has 13 heavy (non-hydrogen) atoms. The first-order chi connectivity index (χ1) is 5.33. The lowest BCUT2D eigenvalue weighted by atomic mass is 10.0. The molecule has 1 heterocycles. The Kier molecular flexibility index (Phi) is 4.18. The molecule has 1 saturated heterocycles. The van der Waals surface area contributed by atoms with Crippen molar-refractivity contribution in [2.75, 3.05) is 25.6 Å². The minimum atomic E-state index is -2.76. The van der Waals surface area contributed by atoms with Crippen LogP contribution in [0.2, 0.25) is 0 Å².